The number of piperazine rings is 1. The van der Waals surface area contributed by atoms with Crippen LogP contribution in [0.3, 0.4) is 0 Å². The average molecular weight is 371 g/mol. The lowest BCUT2D eigenvalue weighted by Crippen LogP contribution is -2.44. The van der Waals surface area contributed by atoms with E-state index in [0.717, 1.165) is 63.0 Å². The number of nitrogens with zero attached hydrogens (tertiary/aromatic N) is 6. The Balaban J connectivity index is 1.38. The van der Waals surface area contributed by atoms with Crippen molar-refractivity contribution in [2.24, 2.45) is 4.99 Å². The summed E-state index contributed by atoms with van der Waals surface area (Å²) in [6, 6.07) is 6.19. The number of aliphatic imine (C=N–C) groups is 1. The zero-order chi connectivity index (χ0) is 18.9. The van der Waals surface area contributed by atoms with E-state index in [1.807, 2.05) is 23.1 Å². The fraction of sp³-hybridized carbons (Fsp3) is 0.526. The van der Waals surface area contributed by atoms with Gasteiger partial charge in [-0.05, 0) is 31.2 Å². The lowest BCUT2D eigenvalue weighted by atomic mass is 10.2. The molecule has 27 heavy (non-hydrogen) atoms. The van der Waals surface area contributed by atoms with Crippen molar-refractivity contribution < 1.29 is 0 Å². The molecule has 2 aromatic rings. The molecule has 3 heterocycles. The summed E-state index contributed by atoms with van der Waals surface area (Å²) in [5.74, 6) is 1.87. The Morgan fingerprint density at radius 2 is 2.04 bits per heavy atom. The SMILES string of the molecule is CN=C(NCCCn1cccn1)NCc1ccc(N2CCN(C)CC2)nc1. The van der Waals surface area contributed by atoms with Gasteiger partial charge in [0.15, 0.2) is 5.96 Å². The third-order valence-electron chi connectivity index (χ3n) is 4.74. The maximum Gasteiger partial charge on any atom is 0.191 e. The molecule has 0 radical (unpaired) electrons. The highest BCUT2D eigenvalue weighted by atomic mass is 15.3. The van der Waals surface area contributed by atoms with Crippen molar-refractivity contribution in [3.63, 3.8) is 0 Å². The third kappa shape index (κ3) is 5.96. The van der Waals surface area contributed by atoms with Crippen molar-refractivity contribution in [2.75, 3.05) is 51.7 Å². The molecule has 0 spiro atoms. The standard InChI is InChI=1S/C19H30N8/c1-20-19(21-7-3-9-27-10-4-8-24-27)23-16-17-5-6-18(22-15-17)26-13-11-25(2)12-14-26/h4-6,8,10,15H,3,7,9,11-14,16H2,1-2H3,(H2,20,21,23). The molecule has 2 N–H and O–H groups in total. The molecule has 0 aromatic carbocycles. The van der Waals surface area contributed by atoms with E-state index in [0.29, 0.717) is 6.54 Å². The number of aryl methyl sites for hydroxylation is 1. The van der Waals surface area contributed by atoms with E-state index in [-0.39, 0.29) is 0 Å². The highest BCUT2D eigenvalue weighted by Gasteiger charge is 2.14. The Kier molecular flexibility index (Phi) is 7.04. The molecule has 0 aliphatic carbocycles. The topological polar surface area (TPSA) is 73.6 Å². The van der Waals surface area contributed by atoms with Crippen molar-refractivity contribution in [2.45, 2.75) is 19.5 Å². The normalized spacial score (nSPS) is 15.8. The van der Waals surface area contributed by atoms with Crippen molar-refractivity contribution >= 4 is 11.8 Å². The minimum atomic E-state index is 0.703. The van der Waals surface area contributed by atoms with Crippen LogP contribution in [-0.4, -0.2) is 72.4 Å². The number of hydrogen-bond acceptors (Lipinski definition) is 5. The maximum atomic E-state index is 4.63. The van der Waals surface area contributed by atoms with Crippen molar-refractivity contribution in [1.82, 2.24) is 30.3 Å². The van der Waals surface area contributed by atoms with E-state index in [4.69, 9.17) is 0 Å². The number of nitrogens with one attached hydrogen (secondary N) is 2. The number of rotatable bonds is 7. The smallest absolute Gasteiger partial charge is 0.191 e. The Hall–Kier alpha value is -2.61. The van der Waals surface area contributed by atoms with Crippen molar-refractivity contribution in [3.8, 4) is 0 Å². The van der Waals surface area contributed by atoms with E-state index < -0.39 is 0 Å². The summed E-state index contributed by atoms with van der Waals surface area (Å²) in [5, 5.41) is 10.9. The van der Waals surface area contributed by atoms with E-state index in [2.05, 4.69) is 54.7 Å². The van der Waals surface area contributed by atoms with E-state index in [1.165, 1.54) is 0 Å². The van der Waals surface area contributed by atoms with Crippen LogP contribution in [0.1, 0.15) is 12.0 Å². The molecule has 146 valence electrons. The van der Waals surface area contributed by atoms with Crippen LogP contribution in [0.2, 0.25) is 0 Å². The highest BCUT2D eigenvalue weighted by molar-refractivity contribution is 5.79. The summed E-state index contributed by atoms with van der Waals surface area (Å²) >= 11 is 0. The molecule has 0 unspecified atom stereocenters. The van der Waals surface area contributed by atoms with Crippen LogP contribution >= 0.6 is 0 Å². The second-order valence-corrected chi connectivity index (χ2v) is 6.79. The van der Waals surface area contributed by atoms with Gasteiger partial charge in [-0.1, -0.05) is 6.07 Å². The first-order valence-corrected chi connectivity index (χ1v) is 9.55. The van der Waals surface area contributed by atoms with Crippen LogP contribution in [0.4, 0.5) is 5.82 Å². The average Bonchev–Trinajstić information content (AvgIpc) is 3.22. The zero-order valence-corrected chi connectivity index (χ0v) is 16.3. The van der Waals surface area contributed by atoms with Crippen LogP contribution in [0.15, 0.2) is 41.8 Å². The molecular weight excluding hydrogens is 340 g/mol. The molecule has 2 aromatic heterocycles. The minimum absolute atomic E-state index is 0.703. The molecule has 0 bridgehead atoms. The predicted molar refractivity (Wildman–Crippen MR) is 109 cm³/mol. The predicted octanol–water partition coefficient (Wildman–Crippen LogP) is 0.785. The van der Waals surface area contributed by atoms with Gasteiger partial charge in [-0.25, -0.2) is 4.98 Å². The van der Waals surface area contributed by atoms with Gasteiger partial charge in [0.25, 0.3) is 0 Å². The van der Waals surface area contributed by atoms with Gasteiger partial charge >= 0.3 is 0 Å². The number of anilines is 1. The zero-order valence-electron chi connectivity index (χ0n) is 16.3. The third-order valence-corrected chi connectivity index (χ3v) is 4.74. The molecule has 1 aliphatic heterocycles. The monoisotopic (exact) mass is 370 g/mol. The first-order valence-electron chi connectivity index (χ1n) is 9.55. The fourth-order valence-electron chi connectivity index (χ4n) is 3.03. The second-order valence-electron chi connectivity index (χ2n) is 6.79. The summed E-state index contributed by atoms with van der Waals surface area (Å²) in [6.45, 7) is 6.71. The van der Waals surface area contributed by atoms with Crippen LogP contribution in [0, 0.1) is 0 Å². The maximum absolute atomic E-state index is 4.63. The molecular formula is C19H30N8. The summed E-state index contributed by atoms with van der Waals surface area (Å²) < 4.78 is 1.94. The van der Waals surface area contributed by atoms with Crippen molar-refractivity contribution in [3.05, 3.63) is 42.4 Å². The quantitative estimate of drug-likeness (QED) is 0.426. The summed E-state index contributed by atoms with van der Waals surface area (Å²) in [4.78, 5) is 13.6. The number of likely N-dealkylation sites (N-methyl/N-ethyl adjacent to an activating group) is 1. The molecule has 1 aliphatic rings. The van der Waals surface area contributed by atoms with Crippen LogP contribution < -0.4 is 15.5 Å². The van der Waals surface area contributed by atoms with Gasteiger partial charge in [-0.3, -0.25) is 9.67 Å². The Labute approximate surface area is 161 Å². The van der Waals surface area contributed by atoms with Gasteiger partial charge in [0.2, 0.25) is 0 Å². The first-order chi connectivity index (χ1) is 13.2. The molecule has 0 atom stereocenters. The van der Waals surface area contributed by atoms with Gasteiger partial charge in [0.1, 0.15) is 5.82 Å². The van der Waals surface area contributed by atoms with Gasteiger partial charge in [-0.2, -0.15) is 5.10 Å². The van der Waals surface area contributed by atoms with Gasteiger partial charge < -0.3 is 20.4 Å². The van der Waals surface area contributed by atoms with E-state index in [9.17, 15) is 0 Å². The van der Waals surface area contributed by atoms with Gasteiger partial charge in [0.05, 0.1) is 0 Å². The number of guanidine groups is 1. The minimum Gasteiger partial charge on any atom is -0.356 e. The molecule has 8 heteroatoms. The summed E-state index contributed by atoms with van der Waals surface area (Å²) in [5.41, 5.74) is 1.15. The Morgan fingerprint density at radius 1 is 1.19 bits per heavy atom. The Morgan fingerprint density at radius 3 is 2.70 bits per heavy atom. The molecule has 8 nitrogen and oxygen atoms in total. The number of hydrogen-bond donors (Lipinski definition) is 2. The Bertz CT molecular complexity index is 687. The lowest BCUT2D eigenvalue weighted by molar-refractivity contribution is 0.312. The summed E-state index contributed by atoms with van der Waals surface area (Å²) in [6.07, 6.45) is 6.72. The van der Waals surface area contributed by atoms with Crippen molar-refractivity contribution in [1.29, 1.82) is 0 Å². The van der Waals surface area contributed by atoms with E-state index >= 15 is 0 Å². The van der Waals surface area contributed by atoms with Crippen LogP contribution in [-0.2, 0) is 13.1 Å². The molecule has 1 saturated heterocycles. The number of aromatic nitrogens is 3. The second kappa shape index (κ2) is 9.91. The number of pyridine rings is 1. The molecule has 1 fully saturated rings. The van der Waals surface area contributed by atoms with Gasteiger partial charge in [-0.15, -0.1) is 0 Å². The van der Waals surface area contributed by atoms with Gasteiger partial charge in [0, 0.05) is 71.5 Å². The molecule has 3 rings (SSSR count). The lowest BCUT2D eigenvalue weighted by Gasteiger charge is -2.33. The summed E-state index contributed by atoms with van der Waals surface area (Å²) in [7, 11) is 3.95. The highest BCUT2D eigenvalue weighted by Crippen LogP contribution is 2.13. The first kappa shape index (κ1) is 19.2. The van der Waals surface area contributed by atoms with E-state index in [1.54, 1.807) is 13.2 Å². The molecule has 0 saturated carbocycles. The largest absolute Gasteiger partial charge is 0.356 e. The van der Waals surface area contributed by atoms with Crippen LogP contribution in [0.25, 0.3) is 0 Å². The fourth-order valence-corrected chi connectivity index (χ4v) is 3.03. The molecule has 0 amide bonds. The van der Waals surface area contributed by atoms with Crippen LogP contribution in [0.5, 0.6) is 0 Å².